The lowest BCUT2D eigenvalue weighted by molar-refractivity contribution is -0.156. The Morgan fingerprint density at radius 2 is 1.56 bits per heavy atom. The zero-order valence-corrected chi connectivity index (χ0v) is 21.4. The van der Waals surface area contributed by atoms with Crippen LogP contribution in [0.15, 0.2) is 54.6 Å². The van der Waals surface area contributed by atoms with E-state index in [-0.39, 0.29) is 12.0 Å². The number of rotatable bonds is 11. The number of carbonyl (C=O) groups excluding carboxylic acids is 2. The van der Waals surface area contributed by atoms with Gasteiger partial charge >= 0.3 is 12.1 Å². The molecule has 6 heteroatoms. The van der Waals surface area contributed by atoms with Crippen molar-refractivity contribution in [1.29, 1.82) is 0 Å². The van der Waals surface area contributed by atoms with E-state index in [2.05, 4.69) is 41.7 Å². The number of benzene rings is 2. The van der Waals surface area contributed by atoms with Crippen LogP contribution in [0.1, 0.15) is 53.0 Å². The van der Waals surface area contributed by atoms with Crippen molar-refractivity contribution in [2.24, 2.45) is 5.41 Å². The van der Waals surface area contributed by atoms with Gasteiger partial charge in [-0.25, -0.2) is 4.79 Å². The normalized spacial score (nSPS) is 14.1. The monoisotopic (exact) mass is 469 g/mol. The second kappa shape index (κ2) is 12.6. The standard InChI is InChI=1S/C28H39NO5/c1-7-33-25(30)28(5,17-18-32-6)20-24(29-26(31)34-27(2,3)4)19-21-13-15-23(16-14-21)22-11-9-8-10-12-22/h8-16,24H,7,17-20H2,1-6H3,(H,29,31)/t24-,28-/m1/s1. The van der Waals surface area contributed by atoms with E-state index >= 15 is 0 Å². The van der Waals surface area contributed by atoms with E-state index < -0.39 is 17.1 Å². The van der Waals surface area contributed by atoms with Gasteiger partial charge in [0.2, 0.25) is 0 Å². The number of carbonyl (C=O) groups is 2. The van der Waals surface area contributed by atoms with Crippen molar-refractivity contribution in [3.8, 4) is 11.1 Å². The molecule has 1 N–H and O–H groups in total. The largest absolute Gasteiger partial charge is 0.466 e. The van der Waals surface area contributed by atoms with E-state index in [0.29, 0.717) is 32.5 Å². The molecule has 0 bridgehead atoms. The van der Waals surface area contributed by atoms with Gasteiger partial charge < -0.3 is 19.5 Å². The summed E-state index contributed by atoms with van der Waals surface area (Å²) in [6.45, 7) is 9.85. The van der Waals surface area contributed by atoms with Crippen LogP contribution >= 0.6 is 0 Å². The molecule has 2 rings (SSSR count). The summed E-state index contributed by atoms with van der Waals surface area (Å²) in [5.74, 6) is -0.289. The molecule has 0 aliphatic carbocycles. The highest BCUT2D eigenvalue weighted by atomic mass is 16.6. The molecular weight excluding hydrogens is 430 g/mol. The van der Waals surface area contributed by atoms with Gasteiger partial charge in [-0.1, -0.05) is 54.6 Å². The van der Waals surface area contributed by atoms with Gasteiger partial charge in [0.05, 0.1) is 12.0 Å². The van der Waals surface area contributed by atoms with Gasteiger partial charge in [0, 0.05) is 19.8 Å². The topological polar surface area (TPSA) is 73.9 Å². The van der Waals surface area contributed by atoms with Crippen LogP contribution in [0, 0.1) is 5.41 Å². The maximum Gasteiger partial charge on any atom is 0.407 e. The van der Waals surface area contributed by atoms with Crippen LogP contribution in [0.2, 0.25) is 0 Å². The second-order valence-electron chi connectivity index (χ2n) is 9.84. The van der Waals surface area contributed by atoms with Gasteiger partial charge in [-0.3, -0.25) is 4.79 Å². The van der Waals surface area contributed by atoms with Gasteiger partial charge in [-0.2, -0.15) is 0 Å². The quantitative estimate of drug-likeness (QED) is 0.422. The van der Waals surface area contributed by atoms with Crippen molar-refractivity contribution < 1.29 is 23.8 Å². The summed E-state index contributed by atoms with van der Waals surface area (Å²) in [6.07, 6.45) is 0.934. The predicted octanol–water partition coefficient (Wildman–Crippen LogP) is 5.79. The first-order valence-corrected chi connectivity index (χ1v) is 11.9. The van der Waals surface area contributed by atoms with Gasteiger partial charge in [-0.15, -0.1) is 0 Å². The molecule has 0 aromatic heterocycles. The number of esters is 1. The summed E-state index contributed by atoms with van der Waals surface area (Å²) in [7, 11) is 1.61. The molecule has 0 heterocycles. The van der Waals surface area contributed by atoms with Crippen molar-refractivity contribution in [3.63, 3.8) is 0 Å². The molecule has 0 fully saturated rings. The Morgan fingerprint density at radius 1 is 0.941 bits per heavy atom. The minimum absolute atomic E-state index is 0.289. The minimum Gasteiger partial charge on any atom is -0.466 e. The van der Waals surface area contributed by atoms with Gasteiger partial charge in [0.1, 0.15) is 5.60 Å². The van der Waals surface area contributed by atoms with Crippen LogP contribution in [0.3, 0.4) is 0 Å². The number of hydrogen-bond acceptors (Lipinski definition) is 5. The van der Waals surface area contributed by atoms with Gasteiger partial charge in [0.25, 0.3) is 0 Å². The molecule has 0 aliphatic rings. The molecule has 2 atom stereocenters. The van der Waals surface area contributed by atoms with E-state index in [0.717, 1.165) is 16.7 Å². The summed E-state index contributed by atoms with van der Waals surface area (Å²) in [6, 6.07) is 18.1. The molecule has 1 amide bonds. The van der Waals surface area contributed by atoms with Crippen LogP contribution in [0.25, 0.3) is 11.1 Å². The van der Waals surface area contributed by atoms with E-state index in [4.69, 9.17) is 14.2 Å². The van der Waals surface area contributed by atoms with Crippen molar-refractivity contribution >= 4 is 12.1 Å². The number of hydrogen-bond donors (Lipinski definition) is 1. The van der Waals surface area contributed by atoms with Crippen LogP contribution in [-0.4, -0.2) is 44.0 Å². The molecule has 34 heavy (non-hydrogen) atoms. The van der Waals surface area contributed by atoms with Crippen LogP contribution in [-0.2, 0) is 25.4 Å². The summed E-state index contributed by atoms with van der Waals surface area (Å²) >= 11 is 0. The highest BCUT2D eigenvalue weighted by molar-refractivity contribution is 5.76. The fourth-order valence-electron chi connectivity index (χ4n) is 3.86. The third-order valence-electron chi connectivity index (χ3n) is 5.59. The SMILES string of the molecule is CCOC(=O)[C@](C)(CCOC)C[C@@H](Cc1ccc(-c2ccccc2)cc1)NC(=O)OC(C)(C)C. The molecule has 0 saturated carbocycles. The maximum absolute atomic E-state index is 12.9. The van der Waals surface area contributed by atoms with E-state index in [9.17, 15) is 9.59 Å². The van der Waals surface area contributed by atoms with Crippen LogP contribution in [0.4, 0.5) is 4.79 Å². The third-order valence-corrected chi connectivity index (χ3v) is 5.59. The Hall–Kier alpha value is -2.86. The molecule has 2 aromatic rings. The fraction of sp³-hybridized carbons (Fsp3) is 0.500. The molecule has 0 aliphatic heterocycles. The summed E-state index contributed by atoms with van der Waals surface area (Å²) in [5, 5.41) is 2.99. The average Bonchev–Trinajstić information content (AvgIpc) is 2.77. The highest BCUT2D eigenvalue weighted by Gasteiger charge is 2.38. The first-order chi connectivity index (χ1) is 16.1. The smallest absolute Gasteiger partial charge is 0.407 e. The van der Waals surface area contributed by atoms with Crippen molar-refractivity contribution in [2.75, 3.05) is 20.3 Å². The average molecular weight is 470 g/mol. The first-order valence-electron chi connectivity index (χ1n) is 11.9. The Labute approximate surface area is 204 Å². The van der Waals surface area contributed by atoms with E-state index in [1.807, 2.05) is 45.9 Å². The van der Waals surface area contributed by atoms with Gasteiger partial charge in [-0.05, 0) is 70.6 Å². The third kappa shape index (κ3) is 8.82. The maximum atomic E-state index is 12.9. The zero-order chi connectivity index (χ0) is 25.2. The van der Waals surface area contributed by atoms with E-state index in [1.54, 1.807) is 14.0 Å². The summed E-state index contributed by atoms with van der Waals surface area (Å²) < 4.78 is 16.1. The number of methoxy groups -OCH3 is 1. The molecule has 0 saturated heterocycles. The number of nitrogens with one attached hydrogen (secondary N) is 1. The van der Waals surface area contributed by atoms with E-state index in [1.165, 1.54) is 0 Å². The molecule has 0 spiro atoms. The molecule has 0 unspecified atom stereocenters. The van der Waals surface area contributed by atoms with Crippen molar-refractivity contribution in [2.45, 2.75) is 65.5 Å². The molecule has 2 aromatic carbocycles. The molecular formula is C28H39NO5. The van der Waals surface area contributed by atoms with Gasteiger partial charge in [0.15, 0.2) is 0 Å². The first kappa shape index (κ1) is 27.4. The van der Waals surface area contributed by atoms with Crippen LogP contribution < -0.4 is 5.32 Å². The molecule has 186 valence electrons. The predicted molar refractivity (Wildman–Crippen MR) is 135 cm³/mol. The molecule has 0 radical (unpaired) electrons. The number of ether oxygens (including phenoxy) is 3. The number of amides is 1. The van der Waals surface area contributed by atoms with Crippen molar-refractivity contribution in [3.05, 3.63) is 60.2 Å². The lowest BCUT2D eigenvalue weighted by Gasteiger charge is -2.32. The molecule has 6 nitrogen and oxygen atoms in total. The summed E-state index contributed by atoms with van der Waals surface area (Å²) in [5.41, 5.74) is 1.89. The Bertz CT molecular complexity index is 905. The zero-order valence-electron chi connectivity index (χ0n) is 21.4. The summed E-state index contributed by atoms with van der Waals surface area (Å²) in [4.78, 5) is 25.5. The lowest BCUT2D eigenvalue weighted by atomic mass is 9.79. The number of alkyl carbamates (subject to hydrolysis) is 1. The van der Waals surface area contributed by atoms with Crippen LogP contribution in [0.5, 0.6) is 0 Å². The Balaban J connectivity index is 2.25. The highest BCUT2D eigenvalue weighted by Crippen LogP contribution is 2.31. The minimum atomic E-state index is -0.810. The second-order valence-corrected chi connectivity index (χ2v) is 9.84. The fourth-order valence-corrected chi connectivity index (χ4v) is 3.86. The Morgan fingerprint density at radius 3 is 2.12 bits per heavy atom. The Kier molecular flexibility index (Phi) is 10.1. The lowest BCUT2D eigenvalue weighted by Crippen LogP contribution is -2.45. The van der Waals surface area contributed by atoms with Crippen molar-refractivity contribution in [1.82, 2.24) is 5.32 Å².